The second kappa shape index (κ2) is 11.6. The van der Waals surface area contributed by atoms with Crippen LogP contribution in [0.25, 0.3) is 10.9 Å². The highest BCUT2D eigenvalue weighted by atomic mass is 32.1. The van der Waals surface area contributed by atoms with Crippen molar-refractivity contribution in [3.05, 3.63) is 36.0 Å². The summed E-state index contributed by atoms with van der Waals surface area (Å²) in [5.74, 6) is -3.02. The Balaban J connectivity index is 1.70. The van der Waals surface area contributed by atoms with Gasteiger partial charge in [0.15, 0.2) is 0 Å². The van der Waals surface area contributed by atoms with Gasteiger partial charge in [-0.3, -0.25) is 14.4 Å². The molecule has 1 aliphatic heterocycles. The van der Waals surface area contributed by atoms with Crippen molar-refractivity contribution in [3.63, 3.8) is 0 Å². The molecule has 1 aliphatic rings. The molecule has 1 aromatic carbocycles. The summed E-state index contributed by atoms with van der Waals surface area (Å²) in [6, 6.07) is 2.96. The van der Waals surface area contributed by atoms with E-state index in [4.69, 9.17) is 5.73 Å². The number of aromatic amines is 1. The molecule has 2 aromatic rings. The molecule has 0 radical (unpaired) electrons. The summed E-state index contributed by atoms with van der Waals surface area (Å²) in [6.07, 6.45) is 1.33. The van der Waals surface area contributed by atoms with Crippen LogP contribution < -0.4 is 16.4 Å². The number of carboxylic acid groups (broad SMARTS) is 1. The van der Waals surface area contributed by atoms with E-state index in [9.17, 15) is 29.4 Å². The van der Waals surface area contributed by atoms with Crippen molar-refractivity contribution >= 4 is 47.2 Å². The van der Waals surface area contributed by atoms with Gasteiger partial charge >= 0.3 is 5.97 Å². The standard InChI is InChI=1S/C23H31N5O6S/c1-12(29)19(27-20(30)18-7-4-8-28(18)22(32)15(24)11-35)21(31)26-17(23(33)34)9-13-10-25-16-6-3-2-5-14(13)16/h2-3,5-6,10,12,15,17-19,25,29,35H,4,7-9,11,24H2,1H3,(H,26,31)(H,27,30)(H,33,34). The maximum Gasteiger partial charge on any atom is 0.326 e. The van der Waals surface area contributed by atoms with E-state index in [-0.39, 0.29) is 12.2 Å². The zero-order chi connectivity index (χ0) is 25.7. The summed E-state index contributed by atoms with van der Waals surface area (Å²) in [4.78, 5) is 54.7. The van der Waals surface area contributed by atoms with E-state index >= 15 is 0 Å². The predicted molar refractivity (Wildman–Crippen MR) is 132 cm³/mol. The third-order valence-electron chi connectivity index (χ3n) is 6.13. The van der Waals surface area contributed by atoms with Crippen molar-refractivity contribution in [2.75, 3.05) is 12.3 Å². The lowest BCUT2D eigenvalue weighted by Gasteiger charge is -2.29. The fourth-order valence-corrected chi connectivity index (χ4v) is 4.39. The molecule has 5 unspecified atom stereocenters. The third-order valence-corrected chi connectivity index (χ3v) is 6.52. The average molecular weight is 506 g/mol. The third kappa shape index (κ3) is 6.13. The number of aliphatic carboxylic acids is 1. The van der Waals surface area contributed by atoms with Crippen LogP contribution in [0.5, 0.6) is 0 Å². The van der Waals surface area contributed by atoms with Crippen molar-refractivity contribution in [3.8, 4) is 0 Å². The fraction of sp³-hybridized carbons (Fsp3) is 0.478. The minimum Gasteiger partial charge on any atom is -0.480 e. The van der Waals surface area contributed by atoms with E-state index in [0.29, 0.717) is 24.9 Å². The molecular formula is C23H31N5O6S. The zero-order valence-electron chi connectivity index (χ0n) is 19.3. The second-order valence-electron chi connectivity index (χ2n) is 8.67. The highest BCUT2D eigenvalue weighted by Gasteiger charge is 2.38. The van der Waals surface area contributed by atoms with Crippen LogP contribution in [-0.2, 0) is 25.6 Å². The number of aliphatic hydroxyl groups excluding tert-OH is 1. The van der Waals surface area contributed by atoms with Gasteiger partial charge in [0.25, 0.3) is 0 Å². The number of thiol groups is 1. The number of H-pyrrole nitrogens is 1. The number of carbonyl (C=O) groups is 4. The van der Waals surface area contributed by atoms with Gasteiger partial charge in [0, 0.05) is 35.8 Å². The first-order chi connectivity index (χ1) is 16.6. The number of aliphatic hydroxyl groups is 1. The summed E-state index contributed by atoms with van der Waals surface area (Å²) >= 11 is 4.03. The molecule has 190 valence electrons. The highest BCUT2D eigenvalue weighted by molar-refractivity contribution is 7.80. The SMILES string of the molecule is CC(O)C(NC(=O)C1CCCN1C(=O)C(N)CS)C(=O)NC(Cc1c[nH]c2ccccc12)C(=O)O. The molecule has 3 amide bonds. The molecule has 7 N–H and O–H groups in total. The van der Waals surface area contributed by atoms with Gasteiger partial charge in [0.05, 0.1) is 12.1 Å². The van der Waals surface area contributed by atoms with E-state index < -0.39 is 54.0 Å². The molecular weight excluding hydrogens is 474 g/mol. The summed E-state index contributed by atoms with van der Waals surface area (Å²) < 4.78 is 0. The number of carbonyl (C=O) groups excluding carboxylic acids is 3. The Morgan fingerprint density at radius 1 is 1.26 bits per heavy atom. The molecule has 0 aliphatic carbocycles. The molecule has 0 saturated carbocycles. The molecule has 11 nitrogen and oxygen atoms in total. The van der Waals surface area contributed by atoms with Crippen LogP contribution in [0.1, 0.15) is 25.3 Å². The average Bonchev–Trinajstić information content (AvgIpc) is 3.48. The number of hydrogen-bond acceptors (Lipinski definition) is 7. The number of fused-ring (bicyclic) bond motifs is 1. The van der Waals surface area contributed by atoms with Crippen LogP contribution in [-0.4, -0.2) is 86.4 Å². The number of rotatable bonds is 10. The van der Waals surface area contributed by atoms with Crippen LogP contribution in [0.2, 0.25) is 0 Å². The van der Waals surface area contributed by atoms with Gasteiger partial charge < -0.3 is 36.5 Å². The zero-order valence-corrected chi connectivity index (χ0v) is 20.2. The lowest BCUT2D eigenvalue weighted by atomic mass is 10.0. The second-order valence-corrected chi connectivity index (χ2v) is 9.03. The number of aromatic nitrogens is 1. The first kappa shape index (κ1) is 26.5. The number of hydrogen-bond donors (Lipinski definition) is 7. The summed E-state index contributed by atoms with van der Waals surface area (Å²) in [5.41, 5.74) is 7.30. The van der Waals surface area contributed by atoms with Crippen molar-refractivity contribution < 1.29 is 29.4 Å². The molecule has 0 spiro atoms. The van der Waals surface area contributed by atoms with Gasteiger partial charge in [0.1, 0.15) is 18.1 Å². The number of para-hydroxylation sites is 1. The number of nitrogens with one attached hydrogen (secondary N) is 3. The Morgan fingerprint density at radius 2 is 1.97 bits per heavy atom. The number of nitrogens with zero attached hydrogens (tertiary/aromatic N) is 1. The van der Waals surface area contributed by atoms with Gasteiger partial charge in [-0.15, -0.1) is 0 Å². The van der Waals surface area contributed by atoms with E-state index in [1.165, 1.54) is 11.8 Å². The molecule has 2 heterocycles. The van der Waals surface area contributed by atoms with Crippen LogP contribution >= 0.6 is 12.6 Å². The number of benzene rings is 1. The van der Waals surface area contributed by atoms with Crippen molar-refractivity contribution in [1.82, 2.24) is 20.5 Å². The summed E-state index contributed by atoms with van der Waals surface area (Å²) in [6.45, 7) is 1.66. The maximum absolute atomic E-state index is 12.9. The van der Waals surface area contributed by atoms with Gasteiger partial charge in [-0.2, -0.15) is 12.6 Å². The topological polar surface area (TPSA) is 178 Å². The summed E-state index contributed by atoms with van der Waals surface area (Å²) in [7, 11) is 0. The molecule has 35 heavy (non-hydrogen) atoms. The van der Waals surface area contributed by atoms with Crippen LogP contribution in [0.15, 0.2) is 30.5 Å². The minimum absolute atomic E-state index is 0.00190. The Labute approximate surface area is 207 Å². The number of likely N-dealkylation sites (tertiary alicyclic amines) is 1. The molecule has 1 fully saturated rings. The van der Waals surface area contributed by atoms with Crippen LogP contribution in [0, 0.1) is 0 Å². The number of nitrogens with two attached hydrogens (primary N) is 1. The smallest absolute Gasteiger partial charge is 0.326 e. The van der Waals surface area contributed by atoms with Gasteiger partial charge in [-0.1, -0.05) is 18.2 Å². The monoisotopic (exact) mass is 505 g/mol. The summed E-state index contributed by atoms with van der Waals surface area (Å²) in [5, 5.41) is 25.6. The normalized spacial score (nSPS) is 19.1. The van der Waals surface area contributed by atoms with E-state index in [0.717, 1.165) is 10.9 Å². The molecule has 12 heteroatoms. The minimum atomic E-state index is -1.41. The molecule has 0 bridgehead atoms. The number of amides is 3. The molecule has 5 atom stereocenters. The van der Waals surface area contributed by atoms with Gasteiger partial charge in [0.2, 0.25) is 17.7 Å². The van der Waals surface area contributed by atoms with Gasteiger partial charge in [-0.05, 0) is 31.4 Å². The first-order valence-electron chi connectivity index (χ1n) is 11.4. The van der Waals surface area contributed by atoms with E-state index in [2.05, 4.69) is 28.2 Å². The quantitative estimate of drug-likeness (QED) is 0.211. The van der Waals surface area contributed by atoms with E-state index in [1.807, 2.05) is 24.3 Å². The van der Waals surface area contributed by atoms with Crippen molar-refractivity contribution in [2.24, 2.45) is 5.73 Å². The highest BCUT2D eigenvalue weighted by Crippen LogP contribution is 2.20. The van der Waals surface area contributed by atoms with Crippen molar-refractivity contribution in [2.45, 2.75) is 56.5 Å². The lowest BCUT2D eigenvalue weighted by Crippen LogP contribution is -2.59. The van der Waals surface area contributed by atoms with Crippen LogP contribution in [0.3, 0.4) is 0 Å². The fourth-order valence-electron chi connectivity index (χ4n) is 4.23. The van der Waals surface area contributed by atoms with Crippen LogP contribution in [0.4, 0.5) is 0 Å². The molecule has 3 rings (SSSR count). The molecule has 1 saturated heterocycles. The first-order valence-corrected chi connectivity index (χ1v) is 12.0. The maximum atomic E-state index is 12.9. The van der Waals surface area contributed by atoms with Gasteiger partial charge in [-0.25, -0.2) is 4.79 Å². The Hall–Kier alpha value is -3.09. The Bertz CT molecular complexity index is 1090. The molecule has 1 aromatic heterocycles. The lowest BCUT2D eigenvalue weighted by molar-refractivity contribution is -0.143. The number of carboxylic acids is 1. The van der Waals surface area contributed by atoms with E-state index in [1.54, 1.807) is 6.20 Å². The Morgan fingerprint density at radius 3 is 2.63 bits per heavy atom. The Kier molecular flexibility index (Phi) is 8.76. The predicted octanol–water partition coefficient (Wildman–Crippen LogP) is -0.606. The largest absolute Gasteiger partial charge is 0.480 e. The van der Waals surface area contributed by atoms with Crippen molar-refractivity contribution in [1.29, 1.82) is 0 Å².